The minimum Gasteiger partial charge on any atom is -0.393 e. The van der Waals surface area contributed by atoms with E-state index in [2.05, 4.69) is 10.2 Å². The van der Waals surface area contributed by atoms with E-state index < -0.39 is 0 Å². The number of ether oxygens (including phenoxy) is 1. The topological polar surface area (TPSA) is 46.8 Å². The van der Waals surface area contributed by atoms with Crippen LogP contribution in [0.4, 0.5) is 0 Å². The first-order chi connectivity index (χ1) is 7.31. The lowest BCUT2D eigenvalue weighted by molar-refractivity contribution is 0.0231. The zero-order chi connectivity index (χ0) is 10.7. The van der Waals surface area contributed by atoms with Crippen LogP contribution in [0.2, 0.25) is 0 Å². The molecule has 4 nitrogen and oxygen atoms in total. The lowest BCUT2D eigenvalue weighted by Gasteiger charge is -2.36. The van der Waals surface area contributed by atoms with Gasteiger partial charge in [-0.15, -0.1) is 0 Å². The van der Waals surface area contributed by atoms with Crippen LogP contribution in [0.5, 0.6) is 0 Å². The summed E-state index contributed by atoms with van der Waals surface area (Å²) in [5.74, 6) is 0. The van der Waals surface area contributed by atoms with Gasteiger partial charge in [-0.25, -0.2) is 5.32 Å². The highest BCUT2D eigenvalue weighted by Crippen LogP contribution is 2.24. The van der Waals surface area contributed by atoms with E-state index in [1.54, 1.807) is 7.11 Å². The Hall–Kier alpha value is -0.160. The van der Waals surface area contributed by atoms with Crippen LogP contribution >= 0.6 is 0 Å². The second kappa shape index (κ2) is 5.25. The summed E-state index contributed by atoms with van der Waals surface area (Å²) in [6, 6.07) is 0.508. The largest absolute Gasteiger partial charge is 0.393 e. The number of likely N-dealkylation sites (tertiary alicyclic amines) is 1. The van der Waals surface area contributed by atoms with Crippen molar-refractivity contribution in [1.29, 1.82) is 0 Å². The second-order valence-electron chi connectivity index (χ2n) is 4.55. The molecule has 2 rings (SSSR count). The Bertz CT molecular complexity index is 201. The molecule has 15 heavy (non-hydrogen) atoms. The molecule has 0 spiro atoms. The molecule has 0 bridgehead atoms. The summed E-state index contributed by atoms with van der Waals surface area (Å²) in [6.07, 6.45) is 4.15. The molecule has 3 unspecified atom stereocenters. The third-order valence-corrected chi connectivity index (χ3v) is 3.45. The summed E-state index contributed by atoms with van der Waals surface area (Å²) >= 11 is 0. The Kier molecular flexibility index (Phi) is 3.97. The van der Waals surface area contributed by atoms with Crippen LogP contribution in [-0.4, -0.2) is 55.1 Å². The molecule has 0 aromatic heterocycles. The number of nitrogens with zero attached hydrogens (tertiary/aromatic N) is 2. The van der Waals surface area contributed by atoms with E-state index in [-0.39, 0.29) is 12.3 Å². The van der Waals surface area contributed by atoms with E-state index in [1.165, 1.54) is 12.8 Å². The third kappa shape index (κ3) is 2.69. The van der Waals surface area contributed by atoms with Crippen molar-refractivity contribution in [3.05, 3.63) is 0 Å². The molecule has 0 aromatic rings. The lowest BCUT2D eigenvalue weighted by Crippen LogP contribution is -2.50. The maximum atomic E-state index is 9.64. The smallest absolute Gasteiger partial charge is 0.0788 e. The van der Waals surface area contributed by atoms with Gasteiger partial charge in [-0.3, -0.25) is 4.90 Å². The van der Waals surface area contributed by atoms with Crippen LogP contribution in [0.1, 0.15) is 25.7 Å². The maximum absolute atomic E-state index is 9.64. The summed E-state index contributed by atoms with van der Waals surface area (Å²) in [5, 5.41) is 14.2. The van der Waals surface area contributed by atoms with Crippen molar-refractivity contribution in [2.24, 2.45) is 0 Å². The van der Waals surface area contributed by atoms with Gasteiger partial charge in [0.05, 0.1) is 18.9 Å². The van der Waals surface area contributed by atoms with Gasteiger partial charge in [0.1, 0.15) is 0 Å². The Morgan fingerprint density at radius 3 is 3.07 bits per heavy atom. The molecule has 2 aliphatic rings. The molecule has 1 N–H and O–H groups in total. The minimum absolute atomic E-state index is 0.156. The number of piperidine rings is 1. The highest BCUT2D eigenvalue weighted by molar-refractivity contribution is 4.87. The molecule has 2 heterocycles. The summed E-state index contributed by atoms with van der Waals surface area (Å²) < 4.78 is 5.23. The zero-order valence-corrected chi connectivity index (χ0v) is 9.43. The van der Waals surface area contributed by atoms with Gasteiger partial charge in [0.15, 0.2) is 0 Å². The molecular formula is C11H21N2O2. The summed E-state index contributed by atoms with van der Waals surface area (Å²) in [5.41, 5.74) is 0. The fourth-order valence-corrected chi connectivity index (χ4v) is 2.67. The molecule has 0 saturated carbocycles. The van der Waals surface area contributed by atoms with Crippen LogP contribution in [0.25, 0.3) is 0 Å². The maximum Gasteiger partial charge on any atom is 0.0788 e. The van der Waals surface area contributed by atoms with Crippen molar-refractivity contribution in [3.63, 3.8) is 0 Å². The molecule has 0 amide bonds. The van der Waals surface area contributed by atoms with Gasteiger partial charge >= 0.3 is 0 Å². The first kappa shape index (κ1) is 11.3. The molecule has 2 saturated heterocycles. The number of rotatable bonds is 3. The quantitative estimate of drug-likeness (QED) is 0.727. The average molecular weight is 213 g/mol. The number of hydrogen-bond acceptors (Lipinski definition) is 3. The van der Waals surface area contributed by atoms with E-state index in [9.17, 15) is 5.11 Å². The molecule has 0 aliphatic carbocycles. The Morgan fingerprint density at radius 1 is 1.47 bits per heavy atom. The second-order valence-corrected chi connectivity index (χ2v) is 4.55. The monoisotopic (exact) mass is 213 g/mol. The zero-order valence-electron chi connectivity index (χ0n) is 9.43. The van der Waals surface area contributed by atoms with Crippen LogP contribution in [0.15, 0.2) is 0 Å². The van der Waals surface area contributed by atoms with E-state index in [4.69, 9.17) is 4.74 Å². The standard InChI is InChI=1S/C11H21N2O2/c1-15-8-9-3-2-6-13(9)11-7-10(14)4-5-12-11/h9-11,14H,2-8H2,1H3. The van der Waals surface area contributed by atoms with Crippen molar-refractivity contribution in [1.82, 2.24) is 10.2 Å². The predicted molar refractivity (Wildman–Crippen MR) is 57.6 cm³/mol. The molecular weight excluding hydrogens is 192 g/mol. The predicted octanol–water partition coefficient (Wildman–Crippen LogP) is 0.182. The van der Waals surface area contributed by atoms with E-state index in [1.807, 2.05) is 0 Å². The molecule has 3 atom stereocenters. The summed E-state index contributed by atoms with van der Waals surface area (Å²) in [4.78, 5) is 2.41. The van der Waals surface area contributed by atoms with Crippen molar-refractivity contribution in [2.75, 3.05) is 26.8 Å². The number of methoxy groups -OCH3 is 1. The number of aliphatic hydroxyl groups excluding tert-OH is 1. The van der Waals surface area contributed by atoms with Crippen molar-refractivity contribution < 1.29 is 9.84 Å². The summed E-state index contributed by atoms with van der Waals surface area (Å²) in [6.45, 7) is 2.71. The molecule has 0 aromatic carbocycles. The van der Waals surface area contributed by atoms with Gasteiger partial charge in [-0.1, -0.05) is 0 Å². The highest BCUT2D eigenvalue weighted by atomic mass is 16.5. The van der Waals surface area contributed by atoms with Gasteiger partial charge in [0.2, 0.25) is 0 Å². The Labute approximate surface area is 91.6 Å². The first-order valence-electron chi connectivity index (χ1n) is 5.90. The van der Waals surface area contributed by atoms with Crippen LogP contribution < -0.4 is 5.32 Å². The first-order valence-corrected chi connectivity index (χ1v) is 5.90. The van der Waals surface area contributed by atoms with Gasteiger partial charge in [0, 0.05) is 32.7 Å². The molecule has 4 heteroatoms. The van der Waals surface area contributed by atoms with Gasteiger partial charge in [-0.2, -0.15) is 0 Å². The van der Waals surface area contributed by atoms with Crippen LogP contribution in [0.3, 0.4) is 0 Å². The van der Waals surface area contributed by atoms with E-state index in [0.29, 0.717) is 6.04 Å². The fraction of sp³-hybridized carbons (Fsp3) is 1.00. The van der Waals surface area contributed by atoms with Crippen molar-refractivity contribution in [2.45, 2.75) is 44.0 Å². The van der Waals surface area contributed by atoms with Gasteiger partial charge in [-0.05, 0) is 19.3 Å². The Morgan fingerprint density at radius 2 is 2.33 bits per heavy atom. The Balaban J connectivity index is 1.90. The molecule has 2 aliphatic heterocycles. The van der Waals surface area contributed by atoms with Gasteiger partial charge in [0.25, 0.3) is 0 Å². The SMILES string of the molecule is COCC1CCCN1C1CC(O)CC[N]1. The van der Waals surface area contributed by atoms with Gasteiger partial charge < -0.3 is 9.84 Å². The number of aliphatic hydroxyl groups is 1. The molecule has 87 valence electrons. The van der Waals surface area contributed by atoms with Crippen LogP contribution in [0, 0.1) is 0 Å². The summed E-state index contributed by atoms with van der Waals surface area (Å²) in [7, 11) is 1.75. The lowest BCUT2D eigenvalue weighted by atomic mass is 10.1. The van der Waals surface area contributed by atoms with Crippen molar-refractivity contribution >= 4 is 0 Å². The van der Waals surface area contributed by atoms with E-state index >= 15 is 0 Å². The minimum atomic E-state index is -0.156. The van der Waals surface area contributed by atoms with E-state index in [0.717, 1.165) is 32.5 Å². The molecule has 2 fully saturated rings. The van der Waals surface area contributed by atoms with Crippen molar-refractivity contribution in [3.8, 4) is 0 Å². The highest BCUT2D eigenvalue weighted by Gasteiger charge is 2.33. The fourth-order valence-electron chi connectivity index (χ4n) is 2.67. The normalized spacial score (nSPS) is 38.4. The molecule has 1 radical (unpaired) electrons. The third-order valence-electron chi connectivity index (χ3n) is 3.45. The average Bonchev–Trinajstić information content (AvgIpc) is 2.66. The number of hydrogen-bond donors (Lipinski definition) is 1. The van der Waals surface area contributed by atoms with Crippen LogP contribution in [-0.2, 0) is 4.74 Å².